The van der Waals surface area contributed by atoms with Gasteiger partial charge in [-0.1, -0.05) is 0 Å². The van der Waals surface area contributed by atoms with Gasteiger partial charge in [0.15, 0.2) is 11.6 Å². The molecule has 0 saturated carbocycles. The van der Waals surface area contributed by atoms with Crippen molar-refractivity contribution in [2.75, 3.05) is 0 Å². The molecule has 0 aliphatic rings. The summed E-state index contributed by atoms with van der Waals surface area (Å²) in [6.07, 6.45) is -5.58. The van der Waals surface area contributed by atoms with Crippen LogP contribution in [0.25, 0.3) is 0 Å². The van der Waals surface area contributed by atoms with E-state index in [2.05, 4.69) is 30.2 Å². The van der Waals surface area contributed by atoms with E-state index in [1.165, 1.54) is 6.92 Å². The lowest BCUT2D eigenvalue weighted by Crippen LogP contribution is -2.37. The van der Waals surface area contributed by atoms with Crippen LogP contribution in [0.1, 0.15) is 11.6 Å². The highest BCUT2D eigenvalue weighted by atomic mass is 19.4. The number of hydrogen-bond donors (Lipinski definition) is 1. The van der Waals surface area contributed by atoms with Crippen LogP contribution in [0, 0.1) is 6.92 Å². The van der Waals surface area contributed by atoms with Crippen molar-refractivity contribution >= 4 is 11.9 Å². The van der Waals surface area contributed by atoms with Crippen LogP contribution in [0.4, 0.5) is 13.2 Å². The van der Waals surface area contributed by atoms with Gasteiger partial charge in [-0.3, -0.25) is 0 Å². The maximum atomic E-state index is 11.8. The zero-order valence-electron chi connectivity index (χ0n) is 9.92. The van der Waals surface area contributed by atoms with E-state index in [4.69, 9.17) is 5.73 Å². The van der Waals surface area contributed by atoms with E-state index in [0.29, 0.717) is 0 Å². The lowest BCUT2D eigenvalue weighted by Gasteiger charge is -2.09. The maximum absolute atomic E-state index is 11.8. The van der Waals surface area contributed by atoms with E-state index in [-0.39, 0.29) is 18.1 Å². The van der Waals surface area contributed by atoms with Crippen LogP contribution in [0.3, 0.4) is 0 Å². The highest BCUT2D eigenvalue weighted by Gasteiger charge is 2.43. The van der Waals surface area contributed by atoms with Crippen LogP contribution >= 0.6 is 0 Å². The minimum absolute atomic E-state index is 0.0257. The van der Waals surface area contributed by atoms with E-state index in [9.17, 15) is 22.8 Å². The molecule has 1 aromatic heterocycles. The van der Waals surface area contributed by atoms with Crippen LogP contribution in [-0.2, 0) is 25.8 Å². The molecule has 1 heterocycles. The molecule has 0 radical (unpaired) electrons. The summed E-state index contributed by atoms with van der Waals surface area (Å²) in [5.74, 6) is -3.81. The standard InChI is InChI=1S/C8H8F3N5O4/c1-3-13-15-5(16-14-3)2-4(12)6(17)19-20-7(18)8(9,10)11/h4H,2,12H2,1H3/t4-/m0/s1. The molecule has 0 amide bonds. The summed E-state index contributed by atoms with van der Waals surface area (Å²) in [6, 6.07) is -1.44. The van der Waals surface area contributed by atoms with Crippen molar-refractivity contribution < 1.29 is 32.5 Å². The molecule has 0 bridgehead atoms. The molecule has 12 heteroatoms. The van der Waals surface area contributed by atoms with Crippen LogP contribution < -0.4 is 5.73 Å². The van der Waals surface area contributed by atoms with Gasteiger partial charge in [0.1, 0.15) is 6.04 Å². The van der Waals surface area contributed by atoms with Gasteiger partial charge in [0.25, 0.3) is 0 Å². The molecule has 0 spiro atoms. The Hall–Kier alpha value is -2.37. The Morgan fingerprint density at radius 3 is 2.25 bits per heavy atom. The first-order valence-corrected chi connectivity index (χ1v) is 4.98. The second-order valence-electron chi connectivity index (χ2n) is 3.44. The molecule has 1 rings (SSSR count). The summed E-state index contributed by atoms with van der Waals surface area (Å²) in [7, 11) is 0. The average molecular weight is 295 g/mol. The van der Waals surface area contributed by atoms with Gasteiger partial charge in [-0.2, -0.15) is 13.2 Å². The Bertz CT molecular complexity index is 492. The van der Waals surface area contributed by atoms with Gasteiger partial charge < -0.3 is 5.73 Å². The molecular formula is C8H8F3N5O4. The van der Waals surface area contributed by atoms with Gasteiger partial charge in [-0.25, -0.2) is 19.4 Å². The first-order valence-electron chi connectivity index (χ1n) is 4.98. The summed E-state index contributed by atoms with van der Waals surface area (Å²) in [4.78, 5) is 28.4. The van der Waals surface area contributed by atoms with Crippen molar-refractivity contribution in [1.82, 2.24) is 20.4 Å². The van der Waals surface area contributed by atoms with E-state index in [1.54, 1.807) is 0 Å². The van der Waals surface area contributed by atoms with Crippen LogP contribution in [0.2, 0.25) is 0 Å². The number of rotatable bonds is 3. The molecule has 0 saturated heterocycles. The highest BCUT2D eigenvalue weighted by Crippen LogP contribution is 2.16. The number of carbonyl (C=O) groups is 2. The van der Waals surface area contributed by atoms with Gasteiger partial charge in [-0.15, -0.1) is 20.4 Å². The van der Waals surface area contributed by atoms with Gasteiger partial charge in [0.2, 0.25) is 0 Å². The monoisotopic (exact) mass is 295 g/mol. The van der Waals surface area contributed by atoms with E-state index in [1.807, 2.05) is 0 Å². The number of alkyl halides is 3. The summed E-state index contributed by atoms with van der Waals surface area (Å²) < 4.78 is 35.3. The average Bonchev–Trinajstić information content (AvgIpc) is 2.36. The second-order valence-corrected chi connectivity index (χ2v) is 3.44. The molecular weight excluding hydrogens is 287 g/mol. The quantitative estimate of drug-likeness (QED) is 0.551. The van der Waals surface area contributed by atoms with Crippen LogP contribution in [0.15, 0.2) is 0 Å². The largest absolute Gasteiger partial charge is 0.495 e. The Morgan fingerprint density at radius 1 is 1.20 bits per heavy atom. The minimum atomic E-state index is -5.28. The van der Waals surface area contributed by atoms with Gasteiger partial charge in [0.05, 0.1) is 0 Å². The molecule has 0 aliphatic heterocycles. The SMILES string of the molecule is Cc1nnc(C[C@H](N)C(=O)OOC(=O)C(F)(F)F)nn1. The lowest BCUT2D eigenvalue weighted by molar-refractivity contribution is -0.286. The fraction of sp³-hybridized carbons (Fsp3) is 0.500. The van der Waals surface area contributed by atoms with Crippen molar-refractivity contribution in [2.24, 2.45) is 5.73 Å². The first kappa shape index (κ1) is 15.7. The summed E-state index contributed by atoms with van der Waals surface area (Å²) >= 11 is 0. The van der Waals surface area contributed by atoms with Crippen LogP contribution in [-0.4, -0.2) is 44.6 Å². The smallest absolute Gasteiger partial charge is 0.318 e. The molecule has 110 valence electrons. The van der Waals surface area contributed by atoms with E-state index in [0.717, 1.165) is 0 Å². The zero-order valence-corrected chi connectivity index (χ0v) is 9.92. The number of halogens is 3. The predicted molar refractivity (Wildman–Crippen MR) is 52.3 cm³/mol. The van der Waals surface area contributed by atoms with Gasteiger partial charge in [0, 0.05) is 6.42 Å². The van der Waals surface area contributed by atoms with E-state index < -0.39 is 24.2 Å². The van der Waals surface area contributed by atoms with Crippen LogP contribution in [0.5, 0.6) is 0 Å². The van der Waals surface area contributed by atoms with Crippen molar-refractivity contribution in [1.29, 1.82) is 0 Å². The summed E-state index contributed by atoms with van der Waals surface area (Å²) in [5, 5.41) is 14.1. The van der Waals surface area contributed by atoms with Gasteiger partial charge >= 0.3 is 18.1 Å². The number of aromatic nitrogens is 4. The minimum Gasteiger partial charge on any atom is -0.318 e. The molecule has 0 fully saturated rings. The third-order valence-corrected chi connectivity index (χ3v) is 1.76. The Balaban J connectivity index is 2.47. The molecule has 0 aliphatic carbocycles. The van der Waals surface area contributed by atoms with Gasteiger partial charge in [-0.05, 0) is 6.92 Å². The molecule has 20 heavy (non-hydrogen) atoms. The zero-order chi connectivity index (χ0) is 15.3. The third kappa shape index (κ3) is 4.72. The van der Waals surface area contributed by atoms with Crippen molar-refractivity contribution in [2.45, 2.75) is 25.6 Å². The second kappa shape index (κ2) is 6.18. The highest BCUT2D eigenvalue weighted by molar-refractivity contribution is 5.78. The molecule has 0 unspecified atom stereocenters. The number of hydrogen-bond acceptors (Lipinski definition) is 9. The fourth-order valence-electron chi connectivity index (χ4n) is 0.850. The number of nitrogens with two attached hydrogens (primary N) is 1. The molecule has 1 aromatic rings. The number of nitrogens with zero attached hydrogens (tertiary/aromatic N) is 4. The Labute approximate surface area is 109 Å². The molecule has 1 atom stereocenters. The summed E-state index contributed by atoms with van der Waals surface area (Å²) in [6.45, 7) is 1.52. The van der Waals surface area contributed by atoms with E-state index >= 15 is 0 Å². The Morgan fingerprint density at radius 2 is 1.75 bits per heavy atom. The molecule has 9 nitrogen and oxygen atoms in total. The fourth-order valence-corrected chi connectivity index (χ4v) is 0.850. The Kier molecular flexibility index (Phi) is 4.85. The normalized spacial score (nSPS) is 12.7. The maximum Gasteiger partial charge on any atom is 0.495 e. The summed E-state index contributed by atoms with van der Waals surface area (Å²) in [5.41, 5.74) is 5.30. The number of aryl methyl sites for hydroxylation is 1. The lowest BCUT2D eigenvalue weighted by atomic mass is 10.2. The van der Waals surface area contributed by atoms with Crippen molar-refractivity contribution in [3.63, 3.8) is 0 Å². The molecule has 2 N–H and O–H groups in total. The topological polar surface area (TPSA) is 130 Å². The first-order chi connectivity index (χ1) is 9.20. The molecule has 0 aromatic carbocycles. The predicted octanol–water partition coefficient (Wildman–Crippen LogP) is -0.991. The number of carbonyl (C=O) groups excluding carboxylic acids is 2. The third-order valence-electron chi connectivity index (χ3n) is 1.76. The van der Waals surface area contributed by atoms with Crippen molar-refractivity contribution in [3.05, 3.63) is 11.6 Å². The van der Waals surface area contributed by atoms with Crippen molar-refractivity contribution in [3.8, 4) is 0 Å².